The van der Waals surface area contributed by atoms with E-state index in [0.29, 0.717) is 23.9 Å². The number of ether oxygens (including phenoxy) is 1. The lowest BCUT2D eigenvalue weighted by Gasteiger charge is -2.34. The summed E-state index contributed by atoms with van der Waals surface area (Å²) in [6.45, 7) is 4.12. The molecular formula is C19H20N4O2S. The third-order valence-electron chi connectivity index (χ3n) is 4.52. The summed E-state index contributed by atoms with van der Waals surface area (Å²) in [7, 11) is 0. The minimum absolute atomic E-state index is 0.00708. The lowest BCUT2D eigenvalue weighted by molar-refractivity contribution is -0.125. The van der Waals surface area contributed by atoms with Crippen molar-refractivity contribution in [2.45, 2.75) is 38.7 Å². The van der Waals surface area contributed by atoms with Crippen molar-refractivity contribution in [3.05, 3.63) is 41.5 Å². The minimum atomic E-state index is -0.0469. The van der Waals surface area contributed by atoms with Crippen LogP contribution in [0.5, 0.6) is 5.75 Å². The Morgan fingerprint density at radius 3 is 2.81 bits per heavy atom. The fourth-order valence-electron chi connectivity index (χ4n) is 2.95. The molecule has 1 aromatic carbocycles. The molecule has 1 aliphatic rings. The summed E-state index contributed by atoms with van der Waals surface area (Å²) in [5, 5.41) is 13.6. The summed E-state index contributed by atoms with van der Waals surface area (Å²) in [5.41, 5.74) is 0.859. The minimum Gasteiger partial charge on any atom is -0.488 e. The molecule has 7 heteroatoms. The van der Waals surface area contributed by atoms with E-state index >= 15 is 0 Å². The molecule has 1 amide bonds. The Morgan fingerprint density at radius 2 is 2.04 bits per heavy atom. The van der Waals surface area contributed by atoms with E-state index in [2.05, 4.69) is 34.3 Å². The van der Waals surface area contributed by atoms with Crippen molar-refractivity contribution in [3.63, 3.8) is 0 Å². The Labute approximate surface area is 155 Å². The molecule has 0 radical (unpaired) electrons. The summed E-state index contributed by atoms with van der Waals surface area (Å²) < 4.78 is 6.06. The van der Waals surface area contributed by atoms with E-state index in [4.69, 9.17) is 4.74 Å². The number of rotatable bonds is 5. The highest BCUT2D eigenvalue weighted by molar-refractivity contribution is 7.15. The van der Waals surface area contributed by atoms with Crippen LogP contribution in [0, 0.1) is 5.92 Å². The third kappa shape index (κ3) is 3.39. The Morgan fingerprint density at radius 1 is 1.23 bits per heavy atom. The number of fused-ring (bicyclic) bond motifs is 1. The van der Waals surface area contributed by atoms with Crippen LogP contribution in [-0.4, -0.2) is 27.2 Å². The van der Waals surface area contributed by atoms with Gasteiger partial charge in [-0.2, -0.15) is 0 Å². The standard InChI is InChI=1S/C19H20N4O2S/c1-11(2)18-22-23-19(26-18)21-17(24)13-9-14(10-13)25-15-7-3-5-12-6-4-8-20-16(12)15/h3-8,11,13-14H,9-10H2,1-2H3,(H,21,23,24)/t13-,14-. The van der Waals surface area contributed by atoms with Gasteiger partial charge in [-0.25, -0.2) is 0 Å². The molecule has 2 aromatic heterocycles. The van der Waals surface area contributed by atoms with Crippen LogP contribution >= 0.6 is 11.3 Å². The summed E-state index contributed by atoms with van der Waals surface area (Å²) >= 11 is 1.43. The Hall–Kier alpha value is -2.54. The smallest absolute Gasteiger partial charge is 0.229 e. The van der Waals surface area contributed by atoms with Gasteiger partial charge in [-0.05, 0) is 25.0 Å². The highest BCUT2D eigenvalue weighted by Crippen LogP contribution is 2.34. The Bertz CT molecular complexity index is 929. The quantitative estimate of drug-likeness (QED) is 0.736. The van der Waals surface area contributed by atoms with Gasteiger partial charge >= 0.3 is 0 Å². The number of aromatic nitrogens is 3. The largest absolute Gasteiger partial charge is 0.488 e. The summed E-state index contributed by atoms with van der Waals surface area (Å²) in [6, 6.07) is 9.83. The number of anilines is 1. The molecule has 0 atom stereocenters. The molecule has 4 rings (SSSR count). The van der Waals surface area contributed by atoms with Crippen LogP contribution in [0.1, 0.15) is 37.6 Å². The van der Waals surface area contributed by atoms with Gasteiger partial charge in [0.2, 0.25) is 11.0 Å². The van der Waals surface area contributed by atoms with Crippen molar-refractivity contribution in [2.24, 2.45) is 5.92 Å². The van der Waals surface area contributed by atoms with Crippen molar-refractivity contribution in [1.29, 1.82) is 0 Å². The molecule has 3 aromatic rings. The van der Waals surface area contributed by atoms with E-state index in [9.17, 15) is 4.79 Å². The van der Waals surface area contributed by atoms with Gasteiger partial charge in [-0.15, -0.1) is 10.2 Å². The van der Waals surface area contributed by atoms with Crippen LogP contribution in [0.25, 0.3) is 10.9 Å². The molecule has 6 nitrogen and oxygen atoms in total. The fourth-order valence-corrected chi connectivity index (χ4v) is 3.70. The molecule has 1 saturated carbocycles. The molecule has 134 valence electrons. The first-order valence-electron chi connectivity index (χ1n) is 8.75. The first-order chi connectivity index (χ1) is 12.6. The summed E-state index contributed by atoms with van der Waals surface area (Å²) in [4.78, 5) is 16.7. The van der Waals surface area contributed by atoms with Crippen molar-refractivity contribution in [1.82, 2.24) is 15.2 Å². The van der Waals surface area contributed by atoms with Crippen LogP contribution < -0.4 is 10.1 Å². The number of pyridine rings is 1. The second-order valence-corrected chi connectivity index (χ2v) is 7.84. The fraction of sp³-hybridized carbons (Fsp3) is 0.368. The molecule has 0 bridgehead atoms. The number of carbonyl (C=O) groups is 1. The second kappa shape index (κ2) is 6.99. The zero-order valence-electron chi connectivity index (χ0n) is 14.7. The zero-order valence-corrected chi connectivity index (χ0v) is 15.5. The topological polar surface area (TPSA) is 77.0 Å². The molecule has 0 unspecified atom stereocenters. The second-order valence-electron chi connectivity index (χ2n) is 6.83. The van der Waals surface area contributed by atoms with Crippen molar-refractivity contribution in [3.8, 4) is 5.75 Å². The molecule has 1 aliphatic carbocycles. The van der Waals surface area contributed by atoms with Gasteiger partial charge in [0.25, 0.3) is 0 Å². The van der Waals surface area contributed by atoms with E-state index in [1.54, 1.807) is 6.20 Å². The van der Waals surface area contributed by atoms with Gasteiger partial charge < -0.3 is 10.1 Å². The van der Waals surface area contributed by atoms with Gasteiger partial charge in [0.05, 0.1) is 0 Å². The molecule has 1 N–H and O–H groups in total. The molecule has 0 spiro atoms. The predicted octanol–water partition coefficient (Wildman–Crippen LogP) is 4.01. The maximum Gasteiger partial charge on any atom is 0.229 e. The first kappa shape index (κ1) is 16.9. The van der Waals surface area contributed by atoms with E-state index in [0.717, 1.165) is 21.7 Å². The SMILES string of the molecule is CC(C)c1nnc(NC(=O)[C@H]2C[C@H](Oc3cccc4cccnc34)C2)s1. The first-order valence-corrected chi connectivity index (χ1v) is 9.56. The summed E-state index contributed by atoms with van der Waals surface area (Å²) in [5.74, 6) is 1.04. The number of hydrogen-bond acceptors (Lipinski definition) is 6. The number of carbonyl (C=O) groups excluding carboxylic acids is 1. The maximum atomic E-state index is 12.3. The van der Waals surface area contributed by atoms with E-state index in [1.807, 2.05) is 30.3 Å². The average molecular weight is 368 g/mol. The van der Waals surface area contributed by atoms with Crippen LogP contribution in [-0.2, 0) is 4.79 Å². The van der Waals surface area contributed by atoms with Crippen molar-refractivity contribution < 1.29 is 9.53 Å². The average Bonchev–Trinajstić information content (AvgIpc) is 3.06. The number of amides is 1. The lowest BCUT2D eigenvalue weighted by Crippen LogP contribution is -2.40. The highest BCUT2D eigenvalue weighted by Gasteiger charge is 2.36. The molecule has 26 heavy (non-hydrogen) atoms. The van der Waals surface area contributed by atoms with Crippen LogP contribution in [0.15, 0.2) is 36.5 Å². The Kier molecular flexibility index (Phi) is 4.55. The molecule has 0 saturated heterocycles. The van der Waals surface area contributed by atoms with Gasteiger partial charge in [0, 0.05) is 23.4 Å². The monoisotopic (exact) mass is 368 g/mol. The zero-order chi connectivity index (χ0) is 18.1. The molecule has 2 heterocycles. The number of para-hydroxylation sites is 1. The van der Waals surface area contributed by atoms with Gasteiger partial charge in [-0.3, -0.25) is 9.78 Å². The van der Waals surface area contributed by atoms with Gasteiger partial charge in [-0.1, -0.05) is 43.4 Å². The number of hydrogen-bond donors (Lipinski definition) is 1. The Balaban J connectivity index is 1.34. The third-order valence-corrected chi connectivity index (χ3v) is 5.66. The van der Waals surface area contributed by atoms with Crippen LogP contribution in [0.4, 0.5) is 5.13 Å². The number of nitrogens with one attached hydrogen (secondary N) is 1. The van der Waals surface area contributed by atoms with E-state index in [1.165, 1.54) is 11.3 Å². The van der Waals surface area contributed by atoms with Crippen LogP contribution in [0.3, 0.4) is 0 Å². The van der Waals surface area contributed by atoms with Gasteiger partial charge in [0.1, 0.15) is 22.4 Å². The van der Waals surface area contributed by atoms with E-state index in [-0.39, 0.29) is 17.9 Å². The molecular weight excluding hydrogens is 348 g/mol. The normalized spacial score (nSPS) is 19.3. The van der Waals surface area contributed by atoms with Crippen molar-refractivity contribution in [2.75, 3.05) is 5.32 Å². The predicted molar refractivity (Wildman–Crippen MR) is 102 cm³/mol. The number of nitrogens with zero attached hydrogens (tertiary/aromatic N) is 3. The maximum absolute atomic E-state index is 12.3. The van der Waals surface area contributed by atoms with Gasteiger partial charge in [0.15, 0.2) is 0 Å². The number of benzene rings is 1. The highest BCUT2D eigenvalue weighted by atomic mass is 32.1. The van der Waals surface area contributed by atoms with E-state index < -0.39 is 0 Å². The lowest BCUT2D eigenvalue weighted by atomic mass is 9.81. The van der Waals surface area contributed by atoms with Crippen molar-refractivity contribution >= 4 is 33.3 Å². The molecule has 1 fully saturated rings. The molecule has 0 aliphatic heterocycles. The summed E-state index contributed by atoms with van der Waals surface area (Å²) in [6.07, 6.45) is 3.20. The van der Waals surface area contributed by atoms with Crippen LogP contribution in [0.2, 0.25) is 0 Å².